The molecule has 0 spiro atoms. The molecule has 0 atom stereocenters. The number of hydrogen-bond acceptors (Lipinski definition) is 6. The monoisotopic (exact) mass is 2160 g/mol. The Labute approximate surface area is 770 Å². The van der Waals surface area contributed by atoms with Crippen LogP contribution in [0.3, 0.4) is 0 Å². The molecule has 15 heteroatoms. The third kappa shape index (κ3) is 14.6. The molecule has 0 aliphatic heterocycles. The minimum atomic E-state index is 0. The van der Waals surface area contributed by atoms with Crippen LogP contribution >= 0.6 is 0 Å². The van der Waals surface area contributed by atoms with Gasteiger partial charge in [-0.3, -0.25) is 15.0 Å². The molecule has 606 valence electrons. The van der Waals surface area contributed by atoms with Gasteiger partial charge in [-0.25, -0.2) is 0 Å². The van der Waals surface area contributed by atoms with E-state index in [2.05, 4.69) is 379 Å². The van der Waals surface area contributed by atoms with Gasteiger partial charge >= 0.3 is 63.2 Å². The second-order valence-electron chi connectivity index (χ2n) is 30.6. The molecule has 15 aromatic carbocycles. The summed E-state index contributed by atoms with van der Waals surface area (Å²) in [7, 11) is 6.22. The summed E-state index contributed by atoms with van der Waals surface area (Å²) in [4.78, 5) is 28.9. The molecule has 24 aromatic rings. The molecule has 0 aliphatic rings. The summed E-state index contributed by atoms with van der Waals surface area (Å²) < 4.78 is 13.3. The standard InChI is InChI=1S/3C37H24N4.3Pt/c1-40-34-20-8-6-18-32(34)39-37(40)27-23-30(25-12-3-2-4-13-25)36-29-16-5-7-19-33(29)41(35(36)24-27)28-15-11-14-26(22-28)31-17-9-10-21-38-31;1-40-35-20-8-6-18-33(35)39-37(40)31-24-36-30(23-29(31)25-12-3-2-4-13-25)28-16-5-7-19-34(28)41(36)27-15-11-14-26(22-27)32-17-9-10-21-38-32;1-40-34-17-8-6-15-32(34)39-37(40)27-19-21-30-29-13-5-7-16-33(29)41(36(30)24-27)35-23-26(31-14-9-10-22-38-31)18-20-28(35)25-11-3-2-4-12-25;;;/h2*2-21,23H,1H3;2-22H,1H3;;;/q3*-2;3*+2. The Kier molecular flexibility index (Phi) is 22.4. The smallest absolute Gasteiger partial charge is 0.367 e. The summed E-state index contributed by atoms with van der Waals surface area (Å²) in [5.41, 5.74) is 30.4. The van der Waals surface area contributed by atoms with E-state index in [1.165, 1.54) is 16.2 Å². The van der Waals surface area contributed by atoms with Crippen molar-refractivity contribution in [2.45, 2.75) is 0 Å². The van der Waals surface area contributed by atoms with Crippen LogP contribution in [0, 0.1) is 36.4 Å². The quantitative estimate of drug-likeness (QED) is 0.113. The normalized spacial score (nSPS) is 11.3. The molecule has 0 bridgehead atoms. The summed E-state index contributed by atoms with van der Waals surface area (Å²) in [6, 6.07) is 148. The maximum absolute atomic E-state index is 5.09. The minimum absolute atomic E-state index is 0. The van der Waals surface area contributed by atoms with Gasteiger partial charge in [0, 0.05) is 56.3 Å². The molecule has 0 unspecified atom stereocenters. The van der Waals surface area contributed by atoms with Crippen molar-refractivity contribution in [1.29, 1.82) is 0 Å². The fourth-order valence-electron chi connectivity index (χ4n) is 17.5. The Bertz CT molecular complexity index is 8160. The van der Waals surface area contributed by atoms with Crippen molar-refractivity contribution in [1.82, 2.24) is 57.3 Å². The van der Waals surface area contributed by atoms with Crippen LogP contribution < -0.4 is 0 Å². The van der Waals surface area contributed by atoms with Crippen molar-refractivity contribution in [3.8, 4) is 118 Å². The van der Waals surface area contributed by atoms with Gasteiger partial charge in [-0.15, -0.1) is 137 Å². The average molecular weight is 2160 g/mol. The van der Waals surface area contributed by atoms with Crippen LogP contribution in [-0.4, -0.2) is 57.3 Å². The molecule has 0 fully saturated rings. The van der Waals surface area contributed by atoms with Crippen molar-refractivity contribution in [2.75, 3.05) is 0 Å². The zero-order valence-corrected chi connectivity index (χ0v) is 75.0. The van der Waals surface area contributed by atoms with Gasteiger partial charge < -0.3 is 42.4 Å². The van der Waals surface area contributed by atoms with Crippen LogP contribution in [0.15, 0.2) is 383 Å². The molecule has 9 heterocycles. The fraction of sp³-hybridized carbons (Fsp3) is 0.0270. The van der Waals surface area contributed by atoms with E-state index in [1.54, 1.807) is 0 Å². The second-order valence-corrected chi connectivity index (χ2v) is 30.6. The summed E-state index contributed by atoms with van der Waals surface area (Å²) in [5, 5.41) is 6.95. The van der Waals surface area contributed by atoms with E-state index in [-0.39, 0.29) is 63.2 Å². The molecule has 0 radical (unpaired) electrons. The van der Waals surface area contributed by atoms with Crippen LogP contribution in [0.2, 0.25) is 0 Å². The molecule has 0 saturated heterocycles. The van der Waals surface area contributed by atoms with Gasteiger partial charge in [0.25, 0.3) is 0 Å². The summed E-state index contributed by atoms with van der Waals surface area (Å²) >= 11 is 0. The van der Waals surface area contributed by atoms with Gasteiger partial charge in [0.1, 0.15) is 0 Å². The van der Waals surface area contributed by atoms with E-state index in [4.69, 9.17) is 15.0 Å². The van der Waals surface area contributed by atoms with Crippen LogP contribution in [-0.2, 0) is 84.3 Å². The Morgan fingerprint density at radius 1 is 0.238 bits per heavy atom. The van der Waals surface area contributed by atoms with E-state index in [0.717, 1.165) is 201 Å². The van der Waals surface area contributed by atoms with Gasteiger partial charge in [0.15, 0.2) is 0 Å². The summed E-state index contributed by atoms with van der Waals surface area (Å²) in [6.07, 6.45) is 5.46. The average Bonchev–Trinajstić information content (AvgIpc) is 1.76. The fourth-order valence-corrected chi connectivity index (χ4v) is 17.5. The Morgan fingerprint density at radius 3 is 1.14 bits per heavy atom. The van der Waals surface area contributed by atoms with Crippen molar-refractivity contribution in [3.05, 3.63) is 419 Å². The Balaban J connectivity index is 0.000000122. The molecule has 0 N–H and O–H groups in total. The molecule has 12 nitrogen and oxygen atoms in total. The van der Waals surface area contributed by atoms with Crippen molar-refractivity contribution < 1.29 is 63.2 Å². The molecule has 24 rings (SSSR count). The molecular weight excluding hydrogens is 2090 g/mol. The zero-order valence-electron chi connectivity index (χ0n) is 68.2. The molecule has 0 aliphatic carbocycles. The molecular formula is C111H72N12Pt3. The van der Waals surface area contributed by atoms with E-state index >= 15 is 0 Å². The zero-order chi connectivity index (χ0) is 82.0. The number of rotatable bonds is 12. The van der Waals surface area contributed by atoms with Crippen molar-refractivity contribution in [2.24, 2.45) is 21.1 Å². The Hall–Kier alpha value is -14.4. The number of nitrogens with zero attached hydrogens (tertiary/aromatic N) is 12. The second kappa shape index (κ2) is 34.7. The predicted octanol–water partition coefficient (Wildman–Crippen LogP) is 26.0. The first-order valence-corrected chi connectivity index (χ1v) is 41.0. The maximum Gasteiger partial charge on any atom is 2.00 e. The first-order chi connectivity index (χ1) is 60.8. The van der Waals surface area contributed by atoms with E-state index < -0.39 is 0 Å². The molecule has 0 amide bonds. The first-order valence-electron chi connectivity index (χ1n) is 41.0. The van der Waals surface area contributed by atoms with E-state index in [1.807, 2.05) is 104 Å². The first kappa shape index (κ1) is 81.3. The maximum atomic E-state index is 5.09. The molecule has 126 heavy (non-hydrogen) atoms. The van der Waals surface area contributed by atoms with Gasteiger partial charge in [-0.05, 0) is 145 Å². The third-order valence-electron chi connectivity index (χ3n) is 23.3. The molecule has 0 saturated carbocycles. The van der Waals surface area contributed by atoms with Gasteiger partial charge in [-0.2, -0.15) is 0 Å². The number of aryl methyl sites for hydroxylation is 3. The van der Waals surface area contributed by atoms with Crippen LogP contribution in [0.4, 0.5) is 0 Å². The number of aromatic nitrogens is 12. The minimum Gasteiger partial charge on any atom is -0.367 e. The predicted molar refractivity (Wildman–Crippen MR) is 500 cm³/mol. The van der Waals surface area contributed by atoms with E-state index in [0.29, 0.717) is 0 Å². The number of pyridine rings is 3. The summed E-state index contributed by atoms with van der Waals surface area (Å²) in [5.74, 6) is 2.66. The van der Waals surface area contributed by atoms with Crippen LogP contribution in [0.1, 0.15) is 0 Å². The topological polar surface area (TPSA) is 107 Å². The van der Waals surface area contributed by atoms with E-state index in [9.17, 15) is 0 Å². The number of imidazole rings is 3. The van der Waals surface area contributed by atoms with Crippen LogP contribution in [0.25, 0.3) is 217 Å². The number of para-hydroxylation sites is 9. The largest absolute Gasteiger partial charge is 2.00 e. The van der Waals surface area contributed by atoms with Crippen molar-refractivity contribution >= 4 is 98.5 Å². The number of fused-ring (bicyclic) bond motifs is 12. The van der Waals surface area contributed by atoms with Gasteiger partial charge in [0.2, 0.25) is 0 Å². The number of hydrogen-bond donors (Lipinski definition) is 0. The van der Waals surface area contributed by atoms with Gasteiger partial charge in [0.05, 0.1) is 50.6 Å². The Morgan fingerprint density at radius 2 is 0.627 bits per heavy atom. The molecule has 9 aromatic heterocycles. The van der Waals surface area contributed by atoms with Crippen LogP contribution in [0.5, 0.6) is 0 Å². The third-order valence-corrected chi connectivity index (χ3v) is 23.3. The van der Waals surface area contributed by atoms with Crippen molar-refractivity contribution in [3.63, 3.8) is 0 Å². The number of benzene rings is 15. The van der Waals surface area contributed by atoms with Gasteiger partial charge in [-0.1, -0.05) is 268 Å². The summed E-state index contributed by atoms with van der Waals surface area (Å²) in [6.45, 7) is 0. The SMILES string of the molecule is Cn1c(-c2[c-]c3c(c(-c4ccccc4)c2)c2ccccc2n3-c2[c-]c(-c3ccccn3)ccc2)nc2ccccc21.Cn1c(-c2[c-]c3c(cc2)c2ccccc2n3-c2[c-]c(-c3ccccn3)ccc2-c2ccccc2)nc2ccccc21.Cn1c(-c2[c-]c3c(cc2-c2ccccc2)c2ccccc2n3-c2[c-]c(-c3ccccn3)ccc2)nc2ccccc21.[Pt+2].[Pt+2].[Pt+2].